The van der Waals surface area contributed by atoms with Crippen LogP contribution >= 0.6 is 0 Å². The normalized spacial score (nSPS) is 10.4. The molecule has 0 saturated carbocycles. The molecule has 2 rings (SSSR count). The number of nitrogens with two attached hydrogens (primary N) is 1. The van der Waals surface area contributed by atoms with Gasteiger partial charge in [-0.05, 0) is 29.8 Å². The molecule has 0 bridgehead atoms. The third kappa shape index (κ3) is 3.81. The number of ether oxygens (including phenoxy) is 1. The second kappa shape index (κ2) is 6.33. The summed E-state index contributed by atoms with van der Waals surface area (Å²) in [7, 11) is 0. The van der Waals surface area contributed by atoms with Gasteiger partial charge in [-0.3, -0.25) is 0 Å². The maximum atomic E-state index is 13.6. The first kappa shape index (κ1) is 13.5. The maximum Gasteiger partial charge on any atom is 0.332 e. The highest BCUT2D eigenvalue weighted by Gasteiger charge is 2.05. The molecule has 2 aromatic carbocycles. The van der Waals surface area contributed by atoms with E-state index < -0.39 is 11.8 Å². The van der Waals surface area contributed by atoms with Crippen molar-refractivity contribution in [3.63, 3.8) is 0 Å². The van der Waals surface area contributed by atoms with Crippen LogP contribution in [0, 0.1) is 5.82 Å². The minimum atomic E-state index is -0.774. The minimum Gasteiger partial charge on any atom is -0.454 e. The van der Waals surface area contributed by atoms with Gasteiger partial charge < -0.3 is 10.5 Å². The van der Waals surface area contributed by atoms with E-state index in [1.165, 1.54) is 24.4 Å². The van der Waals surface area contributed by atoms with E-state index >= 15 is 0 Å². The summed E-state index contributed by atoms with van der Waals surface area (Å²) in [5.74, 6) is 0.101. The van der Waals surface area contributed by atoms with Crippen LogP contribution in [-0.2, 0) is 0 Å². The average molecular weight is 273 g/mol. The zero-order valence-corrected chi connectivity index (χ0v) is 10.4. The first-order chi connectivity index (χ1) is 9.65. The second-order valence-corrected chi connectivity index (χ2v) is 3.84. The first-order valence-corrected chi connectivity index (χ1v) is 5.76. The fraction of sp³-hybridized carbons (Fsp3) is 0. The first-order valence-electron chi connectivity index (χ1n) is 5.76. The highest BCUT2D eigenvalue weighted by atomic mass is 19.1. The van der Waals surface area contributed by atoms with E-state index in [2.05, 4.69) is 10.5 Å². The van der Waals surface area contributed by atoms with Gasteiger partial charge in [-0.1, -0.05) is 24.3 Å². The van der Waals surface area contributed by atoms with Crippen molar-refractivity contribution >= 4 is 12.2 Å². The predicted octanol–water partition coefficient (Wildman–Crippen LogP) is 2.62. The number of carbonyl (C=O) groups excluding carboxylic acids is 1. The lowest BCUT2D eigenvalue weighted by molar-refractivity contribution is 0.249. The Hall–Kier alpha value is -2.89. The number of urea groups is 1. The third-order valence-corrected chi connectivity index (χ3v) is 2.31. The lowest BCUT2D eigenvalue weighted by Crippen LogP contribution is -2.24. The number of primary amides is 1. The Bertz CT molecular complexity index is 630. The molecule has 0 atom stereocenters. The molecular formula is C14H12FN3O2. The van der Waals surface area contributed by atoms with Crippen LogP contribution in [0.3, 0.4) is 0 Å². The summed E-state index contributed by atoms with van der Waals surface area (Å²) in [5, 5.41) is 3.59. The fourth-order valence-electron chi connectivity index (χ4n) is 1.46. The summed E-state index contributed by atoms with van der Waals surface area (Å²) in [4.78, 5) is 10.5. The van der Waals surface area contributed by atoms with E-state index in [4.69, 9.17) is 10.5 Å². The van der Waals surface area contributed by atoms with E-state index in [0.717, 1.165) is 0 Å². The second-order valence-electron chi connectivity index (χ2n) is 3.84. The molecule has 0 fully saturated rings. The number of nitrogens with one attached hydrogen (secondary N) is 1. The lowest BCUT2D eigenvalue weighted by atomic mass is 10.2. The third-order valence-electron chi connectivity index (χ3n) is 2.31. The van der Waals surface area contributed by atoms with Crippen molar-refractivity contribution in [3.05, 3.63) is 59.9 Å². The SMILES string of the molecule is NC(=O)NN=Cc1ccc(F)c(Oc2ccccc2)c1. The van der Waals surface area contributed by atoms with Crippen LogP contribution in [0.4, 0.5) is 9.18 Å². The molecule has 0 radical (unpaired) electrons. The van der Waals surface area contributed by atoms with Crippen molar-refractivity contribution in [1.29, 1.82) is 0 Å². The van der Waals surface area contributed by atoms with E-state index in [-0.39, 0.29) is 5.75 Å². The summed E-state index contributed by atoms with van der Waals surface area (Å²) in [6.07, 6.45) is 1.34. The van der Waals surface area contributed by atoms with E-state index in [0.29, 0.717) is 11.3 Å². The number of nitrogens with zero attached hydrogens (tertiary/aromatic N) is 1. The maximum absolute atomic E-state index is 13.6. The van der Waals surface area contributed by atoms with E-state index in [1.54, 1.807) is 24.3 Å². The monoisotopic (exact) mass is 273 g/mol. The Morgan fingerprint density at radius 3 is 2.70 bits per heavy atom. The van der Waals surface area contributed by atoms with Gasteiger partial charge in [0, 0.05) is 0 Å². The van der Waals surface area contributed by atoms with Gasteiger partial charge in [0.2, 0.25) is 0 Å². The van der Waals surface area contributed by atoms with Gasteiger partial charge in [0.25, 0.3) is 0 Å². The summed E-state index contributed by atoms with van der Waals surface area (Å²) in [5.41, 5.74) is 7.48. The van der Waals surface area contributed by atoms with Crippen molar-refractivity contribution in [2.75, 3.05) is 0 Å². The molecule has 20 heavy (non-hydrogen) atoms. The van der Waals surface area contributed by atoms with Crippen molar-refractivity contribution in [3.8, 4) is 11.5 Å². The predicted molar refractivity (Wildman–Crippen MR) is 73.2 cm³/mol. The number of rotatable bonds is 4. The highest BCUT2D eigenvalue weighted by molar-refractivity contribution is 5.82. The molecule has 5 nitrogen and oxygen atoms in total. The van der Waals surface area contributed by atoms with Crippen LogP contribution in [0.25, 0.3) is 0 Å². The number of hydrogen-bond donors (Lipinski definition) is 2. The summed E-state index contributed by atoms with van der Waals surface area (Å²) < 4.78 is 19.1. The zero-order valence-electron chi connectivity index (χ0n) is 10.4. The zero-order chi connectivity index (χ0) is 14.4. The molecule has 0 aliphatic rings. The minimum absolute atomic E-state index is 0.0687. The number of benzene rings is 2. The molecule has 3 N–H and O–H groups in total. The summed E-state index contributed by atoms with van der Waals surface area (Å²) in [6.45, 7) is 0. The molecule has 0 saturated heterocycles. The molecule has 0 aliphatic heterocycles. The van der Waals surface area contributed by atoms with Crippen molar-refractivity contribution < 1.29 is 13.9 Å². The van der Waals surface area contributed by atoms with Crippen molar-refractivity contribution in [1.82, 2.24) is 5.43 Å². The van der Waals surface area contributed by atoms with Gasteiger partial charge in [-0.15, -0.1) is 0 Å². The topological polar surface area (TPSA) is 76.7 Å². The van der Waals surface area contributed by atoms with Gasteiger partial charge in [-0.2, -0.15) is 5.10 Å². The molecule has 2 aromatic rings. The van der Waals surface area contributed by atoms with E-state index in [9.17, 15) is 9.18 Å². The number of para-hydroxylation sites is 1. The Morgan fingerprint density at radius 1 is 1.25 bits per heavy atom. The van der Waals surface area contributed by atoms with Gasteiger partial charge in [-0.25, -0.2) is 14.6 Å². The van der Waals surface area contributed by atoms with Crippen molar-refractivity contribution in [2.45, 2.75) is 0 Å². The van der Waals surface area contributed by atoms with E-state index in [1.807, 2.05) is 6.07 Å². The Balaban J connectivity index is 2.16. The van der Waals surface area contributed by atoms with Crippen LogP contribution in [0.2, 0.25) is 0 Å². The van der Waals surface area contributed by atoms with Gasteiger partial charge in [0.15, 0.2) is 11.6 Å². The number of amides is 2. The van der Waals surface area contributed by atoms with Crippen LogP contribution in [0.5, 0.6) is 11.5 Å². The molecule has 6 heteroatoms. The van der Waals surface area contributed by atoms with Crippen molar-refractivity contribution in [2.24, 2.45) is 10.8 Å². The molecular weight excluding hydrogens is 261 g/mol. The molecule has 0 aliphatic carbocycles. The van der Waals surface area contributed by atoms with Gasteiger partial charge in [0.1, 0.15) is 5.75 Å². The van der Waals surface area contributed by atoms with Crippen LogP contribution in [0.1, 0.15) is 5.56 Å². The Kier molecular flexibility index (Phi) is 4.28. The molecule has 2 amide bonds. The number of hydrogen-bond acceptors (Lipinski definition) is 3. The molecule has 0 aromatic heterocycles. The fourth-order valence-corrected chi connectivity index (χ4v) is 1.46. The molecule has 0 spiro atoms. The van der Waals surface area contributed by atoms with Gasteiger partial charge >= 0.3 is 6.03 Å². The smallest absolute Gasteiger partial charge is 0.332 e. The number of halogens is 1. The average Bonchev–Trinajstić information content (AvgIpc) is 2.43. The van der Waals surface area contributed by atoms with Crippen LogP contribution in [0.15, 0.2) is 53.6 Å². The highest BCUT2D eigenvalue weighted by Crippen LogP contribution is 2.24. The van der Waals surface area contributed by atoms with Crippen LogP contribution in [-0.4, -0.2) is 12.2 Å². The largest absolute Gasteiger partial charge is 0.454 e. The lowest BCUT2D eigenvalue weighted by Gasteiger charge is -2.07. The Morgan fingerprint density at radius 2 is 2.00 bits per heavy atom. The summed E-state index contributed by atoms with van der Waals surface area (Å²) in [6, 6.07) is 12.3. The molecule has 102 valence electrons. The number of carbonyl (C=O) groups is 1. The number of hydrazone groups is 1. The van der Waals surface area contributed by atoms with Gasteiger partial charge in [0.05, 0.1) is 6.21 Å². The van der Waals surface area contributed by atoms with Crippen LogP contribution < -0.4 is 15.9 Å². The quantitative estimate of drug-likeness (QED) is 0.663. The summed E-state index contributed by atoms with van der Waals surface area (Å²) >= 11 is 0. The standard InChI is InChI=1S/C14H12FN3O2/c15-12-7-6-10(9-17-18-14(16)19)8-13(12)20-11-4-2-1-3-5-11/h1-9H,(H3,16,18,19). The molecule has 0 unspecified atom stereocenters. The Labute approximate surface area is 114 Å². The molecule has 0 heterocycles.